The van der Waals surface area contributed by atoms with Crippen molar-refractivity contribution in [3.63, 3.8) is 0 Å². The molecule has 1 unspecified atom stereocenters. The van der Waals surface area contributed by atoms with Crippen molar-refractivity contribution < 1.29 is 4.79 Å². The standard InChI is InChI=1S/C18H20N2O2/c1-3-13-7-10-16(21)19-18(13)14-5-8-15(9-6-14)20-12(2)4-11-17(20)22/h5-10,12H,3-4,11H2,1-2H3,(H,19,21). The summed E-state index contributed by atoms with van der Waals surface area (Å²) in [6, 6.07) is 11.5. The molecule has 114 valence electrons. The molecule has 1 fully saturated rings. The van der Waals surface area contributed by atoms with Gasteiger partial charge in [-0.1, -0.05) is 25.1 Å². The molecule has 1 atom stereocenters. The van der Waals surface area contributed by atoms with Crippen LogP contribution in [0.1, 0.15) is 32.3 Å². The van der Waals surface area contributed by atoms with Crippen molar-refractivity contribution in [1.82, 2.24) is 4.98 Å². The second kappa shape index (κ2) is 5.79. The number of aryl methyl sites for hydroxylation is 1. The lowest BCUT2D eigenvalue weighted by molar-refractivity contribution is -0.117. The lowest BCUT2D eigenvalue weighted by atomic mass is 10.0. The molecule has 22 heavy (non-hydrogen) atoms. The number of benzene rings is 1. The number of aromatic amines is 1. The molecule has 0 aliphatic carbocycles. The van der Waals surface area contributed by atoms with Gasteiger partial charge in [0.2, 0.25) is 11.5 Å². The van der Waals surface area contributed by atoms with E-state index in [1.54, 1.807) is 6.07 Å². The molecule has 1 aliphatic rings. The van der Waals surface area contributed by atoms with Crippen LogP contribution in [0.5, 0.6) is 0 Å². The minimum absolute atomic E-state index is 0.0976. The number of rotatable bonds is 3. The predicted octanol–water partition coefficient (Wildman–Crippen LogP) is 3.12. The van der Waals surface area contributed by atoms with Crippen LogP contribution in [0, 0.1) is 0 Å². The lowest BCUT2D eigenvalue weighted by Gasteiger charge is -2.22. The van der Waals surface area contributed by atoms with Crippen LogP contribution in [-0.4, -0.2) is 16.9 Å². The van der Waals surface area contributed by atoms with Gasteiger partial charge in [-0.05, 0) is 43.0 Å². The fourth-order valence-electron chi connectivity index (χ4n) is 3.07. The van der Waals surface area contributed by atoms with E-state index in [1.165, 1.54) is 0 Å². The normalized spacial score (nSPS) is 18.0. The van der Waals surface area contributed by atoms with Gasteiger partial charge in [0.05, 0.1) is 5.69 Å². The fourth-order valence-corrected chi connectivity index (χ4v) is 3.07. The monoisotopic (exact) mass is 296 g/mol. The number of nitrogens with one attached hydrogen (secondary N) is 1. The molecule has 0 radical (unpaired) electrons. The van der Waals surface area contributed by atoms with E-state index < -0.39 is 0 Å². The second-order valence-electron chi connectivity index (χ2n) is 5.77. The maximum absolute atomic E-state index is 12.0. The lowest BCUT2D eigenvalue weighted by Crippen LogP contribution is -2.30. The Kier molecular flexibility index (Phi) is 3.84. The van der Waals surface area contributed by atoms with E-state index in [-0.39, 0.29) is 17.5 Å². The Balaban J connectivity index is 1.97. The Bertz CT molecular complexity index is 746. The first-order chi connectivity index (χ1) is 10.6. The molecular formula is C18H20N2O2. The van der Waals surface area contributed by atoms with Gasteiger partial charge in [-0.3, -0.25) is 9.59 Å². The molecule has 2 aromatic rings. The highest BCUT2D eigenvalue weighted by molar-refractivity contribution is 5.96. The van der Waals surface area contributed by atoms with Crippen LogP contribution in [0.4, 0.5) is 5.69 Å². The van der Waals surface area contributed by atoms with Crippen LogP contribution in [0.2, 0.25) is 0 Å². The van der Waals surface area contributed by atoms with E-state index in [2.05, 4.69) is 18.8 Å². The number of pyridine rings is 1. The number of H-pyrrole nitrogens is 1. The van der Waals surface area contributed by atoms with E-state index in [0.717, 1.165) is 35.3 Å². The smallest absolute Gasteiger partial charge is 0.248 e. The van der Waals surface area contributed by atoms with Gasteiger partial charge in [-0.2, -0.15) is 0 Å². The first kappa shape index (κ1) is 14.6. The number of hydrogen-bond donors (Lipinski definition) is 1. The highest BCUT2D eigenvalue weighted by atomic mass is 16.2. The first-order valence-electron chi connectivity index (χ1n) is 7.75. The third kappa shape index (κ3) is 2.56. The summed E-state index contributed by atoms with van der Waals surface area (Å²) in [7, 11) is 0. The van der Waals surface area contributed by atoms with Crippen LogP contribution >= 0.6 is 0 Å². The predicted molar refractivity (Wildman–Crippen MR) is 88.1 cm³/mol. The summed E-state index contributed by atoms with van der Waals surface area (Å²) in [6.45, 7) is 4.14. The summed E-state index contributed by atoms with van der Waals surface area (Å²) in [5.74, 6) is 0.183. The molecule has 1 amide bonds. The van der Waals surface area contributed by atoms with Crippen LogP contribution in [0.25, 0.3) is 11.3 Å². The zero-order chi connectivity index (χ0) is 15.7. The maximum atomic E-state index is 12.0. The average Bonchev–Trinajstić information content (AvgIpc) is 2.86. The summed E-state index contributed by atoms with van der Waals surface area (Å²) in [4.78, 5) is 28.3. The van der Waals surface area contributed by atoms with Crippen LogP contribution in [0.3, 0.4) is 0 Å². The van der Waals surface area contributed by atoms with E-state index >= 15 is 0 Å². The van der Waals surface area contributed by atoms with Crippen LogP contribution < -0.4 is 10.5 Å². The Labute approximate surface area is 129 Å². The van der Waals surface area contributed by atoms with Gasteiger partial charge < -0.3 is 9.88 Å². The molecule has 1 saturated heterocycles. The number of aromatic nitrogens is 1. The van der Waals surface area contributed by atoms with Gasteiger partial charge in [-0.25, -0.2) is 0 Å². The van der Waals surface area contributed by atoms with Gasteiger partial charge in [-0.15, -0.1) is 0 Å². The summed E-state index contributed by atoms with van der Waals surface area (Å²) in [6.07, 6.45) is 2.39. The molecule has 0 bridgehead atoms. The van der Waals surface area contributed by atoms with Crippen molar-refractivity contribution in [1.29, 1.82) is 0 Å². The van der Waals surface area contributed by atoms with Crippen LogP contribution in [0.15, 0.2) is 41.2 Å². The van der Waals surface area contributed by atoms with Gasteiger partial charge in [0, 0.05) is 24.2 Å². The molecule has 1 aromatic heterocycles. The maximum Gasteiger partial charge on any atom is 0.248 e. The zero-order valence-electron chi connectivity index (χ0n) is 12.9. The van der Waals surface area contributed by atoms with Crippen molar-refractivity contribution in [2.45, 2.75) is 39.2 Å². The van der Waals surface area contributed by atoms with Crippen molar-refractivity contribution in [3.8, 4) is 11.3 Å². The second-order valence-corrected chi connectivity index (χ2v) is 5.77. The van der Waals surface area contributed by atoms with Crippen LogP contribution in [-0.2, 0) is 11.2 Å². The molecular weight excluding hydrogens is 276 g/mol. The minimum Gasteiger partial charge on any atom is -0.322 e. The Hall–Kier alpha value is -2.36. The molecule has 2 heterocycles. The Morgan fingerprint density at radius 2 is 1.86 bits per heavy atom. The van der Waals surface area contributed by atoms with Gasteiger partial charge >= 0.3 is 0 Å². The van der Waals surface area contributed by atoms with Gasteiger partial charge in [0.25, 0.3) is 0 Å². The quantitative estimate of drug-likeness (QED) is 0.946. The van der Waals surface area contributed by atoms with E-state index in [4.69, 9.17) is 0 Å². The number of anilines is 1. The Morgan fingerprint density at radius 3 is 2.45 bits per heavy atom. The third-order valence-electron chi connectivity index (χ3n) is 4.31. The average molecular weight is 296 g/mol. The molecule has 1 N–H and O–H groups in total. The Morgan fingerprint density at radius 1 is 1.14 bits per heavy atom. The SMILES string of the molecule is CCc1ccc(=O)[nH]c1-c1ccc(N2C(=O)CCC2C)cc1. The summed E-state index contributed by atoms with van der Waals surface area (Å²) in [5.41, 5.74) is 3.77. The molecule has 0 spiro atoms. The molecule has 1 aliphatic heterocycles. The van der Waals surface area contributed by atoms with E-state index in [0.29, 0.717) is 6.42 Å². The molecule has 1 aromatic carbocycles. The largest absolute Gasteiger partial charge is 0.322 e. The number of carbonyl (C=O) groups is 1. The summed E-state index contributed by atoms with van der Waals surface area (Å²) < 4.78 is 0. The third-order valence-corrected chi connectivity index (χ3v) is 4.31. The highest BCUT2D eigenvalue weighted by Crippen LogP contribution is 2.29. The first-order valence-corrected chi connectivity index (χ1v) is 7.75. The molecule has 3 rings (SSSR count). The highest BCUT2D eigenvalue weighted by Gasteiger charge is 2.28. The number of hydrogen-bond acceptors (Lipinski definition) is 2. The summed E-state index contributed by atoms with van der Waals surface area (Å²) in [5, 5.41) is 0. The van der Waals surface area contributed by atoms with Crippen molar-refractivity contribution in [3.05, 3.63) is 52.3 Å². The van der Waals surface area contributed by atoms with Crippen molar-refractivity contribution >= 4 is 11.6 Å². The van der Waals surface area contributed by atoms with Crippen molar-refractivity contribution in [2.24, 2.45) is 0 Å². The molecule has 4 heteroatoms. The van der Waals surface area contributed by atoms with E-state index in [1.807, 2.05) is 35.2 Å². The van der Waals surface area contributed by atoms with E-state index in [9.17, 15) is 9.59 Å². The van der Waals surface area contributed by atoms with Gasteiger partial charge in [0.1, 0.15) is 0 Å². The topological polar surface area (TPSA) is 53.2 Å². The fraction of sp³-hybridized carbons (Fsp3) is 0.333. The number of amides is 1. The van der Waals surface area contributed by atoms with Crippen molar-refractivity contribution in [2.75, 3.05) is 4.90 Å². The number of nitrogens with zero attached hydrogens (tertiary/aromatic N) is 1. The number of carbonyl (C=O) groups excluding carboxylic acids is 1. The molecule has 0 saturated carbocycles. The minimum atomic E-state index is -0.0976. The summed E-state index contributed by atoms with van der Waals surface area (Å²) >= 11 is 0. The molecule has 4 nitrogen and oxygen atoms in total. The van der Waals surface area contributed by atoms with Gasteiger partial charge in [0.15, 0.2) is 0 Å². The zero-order valence-corrected chi connectivity index (χ0v) is 12.9.